The number of aryl methyl sites for hydroxylation is 1. The molecule has 0 N–H and O–H groups in total. The molecule has 2 amide bonds. The first-order valence-electron chi connectivity index (χ1n) is 17.3. The van der Waals surface area contributed by atoms with E-state index in [-0.39, 0.29) is 30.0 Å². The van der Waals surface area contributed by atoms with E-state index in [9.17, 15) is 9.59 Å². The second kappa shape index (κ2) is 12.8. The summed E-state index contributed by atoms with van der Waals surface area (Å²) in [5.41, 5.74) is 3.15. The number of fused-ring (bicyclic) bond motifs is 5. The minimum atomic E-state index is -0.887. The number of benzene rings is 1. The van der Waals surface area contributed by atoms with Crippen molar-refractivity contribution in [2.24, 2.45) is 5.92 Å². The number of carbonyl (C=O) groups excluding carboxylic acids is 2. The fourth-order valence-electron chi connectivity index (χ4n) is 7.49. The molecule has 3 aromatic heterocycles. The normalized spacial score (nSPS) is 22.9. The van der Waals surface area contributed by atoms with Crippen LogP contribution in [0.5, 0.6) is 0 Å². The number of anilines is 1. The van der Waals surface area contributed by atoms with Gasteiger partial charge in [0, 0.05) is 17.0 Å². The summed E-state index contributed by atoms with van der Waals surface area (Å²) >= 11 is 10.2. The number of carbonyl (C=O) groups is 2. The zero-order valence-electron chi connectivity index (χ0n) is 30.1. The minimum absolute atomic E-state index is 0.00612. The van der Waals surface area contributed by atoms with Gasteiger partial charge in [-0.15, -0.1) is 0 Å². The number of aromatic nitrogens is 4. The van der Waals surface area contributed by atoms with Gasteiger partial charge in [0.1, 0.15) is 34.4 Å². The SMILES string of the molecule is CC(C)(C)OC(=O)N(C(=O)OC(C)(C)C)c1nc2cc(/C=C/[C@H]3C[C@@H](n4c5c(c6c(Cl)ncnc64)CCC5)[C@@H]4OC(C)(C)O[C@@H]43)ccc2cc1Br. The molecule has 4 heterocycles. The average Bonchev–Trinajstić information content (AvgIpc) is 3.74. The Bertz CT molecular complexity index is 2060. The van der Waals surface area contributed by atoms with Crippen LogP contribution in [0.25, 0.3) is 28.0 Å². The summed E-state index contributed by atoms with van der Waals surface area (Å²) in [5.74, 6) is -0.612. The molecular formula is C38H43BrClN5O6. The van der Waals surface area contributed by atoms with Crippen LogP contribution in [-0.2, 0) is 31.8 Å². The highest BCUT2D eigenvalue weighted by molar-refractivity contribution is 9.10. The Labute approximate surface area is 310 Å². The Balaban J connectivity index is 1.22. The minimum Gasteiger partial charge on any atom is -0.443 e. The maximum atomic E-state index is 13.4. The smallest absolute Gasteiger partial charge is 0.425 e. The van der Waals surface area contributed by atoms with Gasteiger partial charge in [-0.05, 0) is 120 Å². The molecule has 11 nitrogen and oxygen atoms in total. The lowest BCUT2D eigenvalue weighted by molar-refractivity contribution is -0.158. The predicted molar refractivity (Wildman–Crippen MR) is 199 cm³/mol. The van der Waals surface area contributed by atoms with Crippen molar-refractivity contribution in [3.05, 3.63) is 63.1 Å². The first-order valence-corrected chi connectivity index (χ1v) is 18.5. The van der Waals surface area contributed by atoms with Crippen LogP contribution in [0.4, 0.5) is 15.4 Å². The van der Waals surface area contributed by atoms with E-state index in [1.54, 1.807) is 41.5 Å². The van der Waals surface area contributed by atoms with Gasteiger partial charge in [-0.1, -0.05) is 35.9 Å². The van der Waals surface area contributed by atoms with Crippen molar-refractivity contribution >= 4 is 73.5 Å². The molecule has 0 radical (unpaired) electrons. The van der Waals surface area contributed by atoms with Gasteiger partial charge < -0.3 is 23.5 Å². The Morgan fingerprint density at radius 1 is 1.02 bits per heavy atom. The van der Waals surface area contributed by atoms with E-state index in [4.69, 9.17) is 40.5 Å². The molecule has 2 fully saturated rings. The highest BCUT2D eigenvalue weighted by Gasteiger charge is 2.54. The molecule has 1 saturated heterocycles. The van der Waals surface area contributed by atoms with E-state index >= 15 is 0 Å². The largest absolute Gasteiger partial charge is 0.443 e. The molecule has 0 unspecified atom stereocenters. The third-order valence-corrected chi connectivity index (χ3v) is 10.1. The van der Waals surface area contributed by atoms with Crippen molar-refractivity contribution < 1.29 is 28.5 Å². The molecule has 4 aromatic rings. The van der Waals surface area contributed by atoms with Crippen molar-refractivity contribution in [1.82, 2.24) is 19.5 Å². The summed E-state index contributed by atoms with van der Waals surface area (Å²) < 4.78 is 27.1. The molecule has 51 heavy (non-hydrogen) atoms. The topological polar surface area (TPSA) is 118 Å². The zero-order chi connectivity index (χ0) is 36.6. The van der Waals surface area contributed by atoms with E-state index in [1.807, 2.05) is 38.1 Å². The van der Waals surface area contributed by atoms with Gasteiger partial charge in [0.2, 0.25) is 0 Å². The van der Waals surface area contributed by atoms with Crippen molar-refractivity contribution in [2.45, 2.75) is 116 Å². The third kappa shape index (κ3) is 7.00. The van der Waals surface area contributed by atoms with Crippen LogP contribution < -0.4 is 4.90 Å². The molecule has 270 valence electrons. The van der Waals surface area contributed by atoms with Gasteiger partial charge in [0.25, 0.3) is 0 Å². The van der Waals surface area contributed by atoms with Crippen LogP contribution >= 0.6 is 27.5 Å². The average molecular weight is 781 g/mol. The van der Waals surface area contributed by atoms with Gasteiger partial charge in [0.05, 0.1) is 27.5 Å². The lowest BCUT2D eigenvalue weighted by Gasteiger charge is -2.28. The lowest BCUT2D eigenvalue weighted by Crippen LogP contribution is -2.44. The number of hydrogen-bond donors (Lipinski definition) is 0. The molecule has 7 rings (SSSR count). The molecule has 1 aromatic carbocycles. The monoisotopic (exact) mass is 779 g/mol. The van der Waals surface area contributed by atoms with Gasteiger partial charge in [-0.2, -0.15) is 4.90 Å². The van der Waals surface area contributed by atoms with Crippen LogP contribution in [-0.4, -0.2) is 60.9 Å². The number of rotatable bonds is 4. The Morgan fingerprint density at radius 3 is 2.39 bits per heavy atom. The quantitative estimate of drug-likeness (QED) is 0.187. The van der Waals surface area contributed by atoms with Crippen LogP contribution in [0.2, 0.25) is 5.15 Å². The highest BCUT2D eigenvalue weighted by atomic mass is 79.9. The molecule has 13 heteroatoms. The fraction of sp³-hybridized carbons (Fsp3) is 0.500. The second-order valence-corrected chi connectivity index (χ2v) is 17.2. The van der Waals surface area contributed by atoms with Crippen molar-refractivity contribution in [3.63, 3.8) is 0 Å². The van der Waals surface area contributed by atoms with E-state index in [0.29, 0.717) is 15.1 Å². The van der Waals surface area contributed by atoms with Crippen molar-refractivity contribution in [3.8, 4) is 0 Å². The molecule has 1 saturated carbocycles. The van der Waals surface area contributed by atoms with Crippen LogP contribution in [0.3, 0.4) is 0 Å². The number of amides is 2. The summed E-state index contributed by atoms with van der Waals surface area (Å²) in [6, 6.07) is 7.72. The Morgan fingerprint density at radius 2 is 1.71 bits per heavy atom. The van der Waals surface area contributed by atoms with E-state index < -0.39 is 29.2 Å². The van der Waals surface area contributed by atoms with Crippen LogP contribution in [0, 0.1) is 5.92 Å². The van der Waals surface area contributed by atoms with E-state index in [0.717, 1.165) is 52.6 Å². The number of ether oxygens (including phenoxy) is 4. The molecule has 1 aliphatic heterocycles. The fourth-order valence-corrected chi connectivity index (χ4v) is 8.24. The number of nitrogens with zero attached hydrogens (tertiary/aromatic N) is 5. The number of imide groups is 1. The van der Waals surface area contributed by atoms with Gasteiger partial charge in [0.15, 0.2) is 11.6 Å². The molecule has 0 bridgehead atoms. The number of pyridine rings is 1. The molecule has 4 atom stereocenters. The Kier molecular flexibility index (Phi) is 9.00. The number of hydrogen-bond acceptors (Lipinski definition) is 9. The highest BCUT2D eigenvalue weighted by Crippen LogP contribution is 2.50. The molecule has 0 spiro atoms. The van der Waals surface area contributed by atoms with Crippen molar-refractivity contribution in [1.29, 1.82) is 0 Å². The molecule has 3 aliphatic rings. The molecular weight excluding hydrogens is 738 g/mol. The maximum absolute atomic E-state index is 13.4. The third-order valence-electron chi connectivity index (χ3n) is 9.28. The maximum Gasteiger partial charge on any atom is 0.425 e. The summed E-state index contributed by atoms with van der Waals surface area (Å²) in [4.78, 5) is 41.4. The van der Waals surface area contributed by atoms with Crippen molar-refractivity contribution in [2.75, 3.05) is 4.90 Å². The first kappa shape index (κ1) is 35.8. The zero-order valence-corrected chi connectivity index (χ0v) is 32.5. The van der Waals surface area contributed by atoms with E-state index in [2.05, 4.69) is 37.6 Å². The summed E-state index contributed by atoms with van der Waals surface area (Å²) in [7, 11) is 0. The van der Waals surface area contributed by atoms with E-state index in [1.165, 1.54) is 17.6 Å². The summed E-state index contributed by atoms with van der Waals surface area (Å²) in [6.07, 6.45) is 7.47. The standard InChI is InChI=1S/C38H43BrClN5O6/c1-36(2,3)50-34(46)45(35(47)51-37(4,5)6)32-24(39)17-21-14-12-20(16-25(21)43-32)13-15-22-18-27(30-29(22)48-38(7,8)49-30)44-26-11-9-10-23(26)28-31(40)41-19-42-33(28)44/h12-17,19,22,27,29-30H,9-11,18H2,1-8H3/b15-13+/t22-,27+,29+,30-/m0/s1. The number of halogens is 2. The van der Waals surface area contributed by atoms with Gasteiger partial charge in [-0.25, -0.2) is 24.5 Å². The lowest BCUT2D eigenvalue weighted by atomic mass is 10.0. The first-order chi connectivity index (χ1) is 23.9. The van der Waals surface area contributed by atoms with Gasteiger partial charge in [-0.3, -0.25) is 0 Å². The Hall–Kier alpha value is -3.58. The predicted octanol–water partition coefficient (Wildman–Crippen LogP) is 9.36. The van der Waals surface area contributed by atoms with Crippen LogP contribution in [0.15, 0.2) is 41.1 Å². The van der Waals surface area contributed by atoms with Crippen LogP contribution in [0.1, 0.15) is 91.1 Å². The van der Waals surface area contributed by atoms with Gasteiger partial charge >= 0.3 is 12.2 Å². The summed E-state index contributed by atoms with van der Waals surface area (Å²) in [5, 5.41) is 2.26. The second-order valence-electron chi connectivity index (χ2n) is 15.9. The summed E-state index contributed by atoms with van der Waals surface area (Å²) in [6.45, 7) is 14.3. The molecule has 2 aliphatic carbocycles.